The molecule has 2 amide bonds. The Labute approximate surface area is 126 Å². The van der Waals surface area contributed by atoms with E-state index in [2.05, 4.69) is 6.07 Å². The quantitative estimate of drug-likeness (QED) is 0.850. The number of nitrogens with zero attached hydrogens (tertiary/aromatic N) is 2. The molecule has 0 bridgehead atoms. The van der Waals surface area contributed by atoms with Crippen molar-refractivity contribution in [2.75, 3.05) is 26.2 Å². The van der Waals surface area contributed by atoms with E-state index in [9.17, 15) is 9.59 Å². The van der Waals surface area contributed by atoms with Crippen molar-refractivity contribution >= 4 is 11.8 Å². The number of aryl methyl sites for hydroxylation is 1. The number of benzene rings is 1. The van der Waals surface area contributed by atoms with E-state index in [0.29, 0.717) is 39.0 Å². The van der Waals surface area contributed by atoms with Gasteiger partial charge in [-0.25, -0.2) is 0 Å². The predicted molar refractivity (Wildman–Crippen MR) is 83.0 cm³/mol. The van der Waals surface area contributed by atoms with Crippen molar-refractivity contribution in [3.63, 3.8) is 0 Å². The smallest absolute Gasteiger partial charge is 0.227 e. The molecule has 4 heteroatoms. The molecule has 0 radical (unpaired) electrons. The monoisotopic (exact) mass is 288 g/mol. The third-order valence-electron chi connectivity index (χ3n) is 3.89. The second-order valence-electron chi connectivity index (χ2n) is 5.68. The van der Waals surface area contributed by atoms with Gasteiger partial charge in [-0.2, -0.15) is 0 Å². The SMILES string of the molecule is CCCC(=O)N1CCN(C(=O)Cc2cccc(C)c2)CC1. The fraction of sp³-hybridized carbons (Fsp3) is 0.529. The van der Waals surface area contributed by atoms with Gasteiger partial charge in [0.05, 0.1) is 6.42 Å². The summed E-state index contributed by atoms with van der Waals surface area (Å²) in [4.78, 5) is 27.9. The Balaban J connectivity index is 1.84. The lowest BCUT2D eigenvalue weighted by molar-refractivity contribution is -0.139. The Morgan fingerprint density at radius 2 is 1.67 bits per heavy atom. The van der Waals surface area contributed by atoms with Gasteiger partial charge in [0.15, 0.2) is 0 Å². The average molecular weight is 288 g/mol. The Morgan fingerprint density at radius 1 is 1.05 bits per heavy atom. The van der Waals surface area contributed by atoms with Gasteiger partial charge in [-0.1, -0.05) is 36.8 Å². The van der Waals surface area contributed by atoms with Crippen molar-refractivity contribution in [3.8, 4) is 0 Å². The summed E-state index contributed by atoms with van der Waals surface area (Å²) in [5, 5.41) is 0. The average Bonchev–Trinajstić information content (AvgIpc) is 2.47. The number of carbonyl (C=O) groups is 2. The molecule has 1 aromatic rings. The van der Waals surface area contributed by atoms with Crippen LogP contribution < -0.4 is 0 Å². The zero-order chi connectivity index (χ0) is 15.2. The Bertz CT molecular complexity index is 505. The van der Waals surface area contributed by atoms with Crippen LogP contribution in [0.15, 0.2) is 24.3 Å². The predicted octanol–water partition coefficient (Wildman–Crippen LogP) is 2.01. The highest BCUT2D eigenvalue weighted by molar-refractivity contribution is 5.80. The van der Waals surface area contributed by atoms with Gasteiger partial charge in [0, 0.05) is 32.6 Å². The van der Waals surface area contributed by atoms with E-state index in [1.54, 1.807) is 0 Å². The zero-order valence-electron chi connectivity index (χ0n) is 13.0. The van der Waals surface area contributed by atoms with Crippen molar-refractivity contribution in [2.45, 2.75) is 33.1 Å². The van der Waals surface area contributed by atoms with E-state index in [-0.39, 0.29) is 11.8 Å². The molecule has 114 valence electrons. The van der Waals surface area contributed by atoms with Crippen molar-refractivity contribution in [2.24, 2.45) is 0 Å². The molecule has 0 spiro atoms. The van der Waals surface area contributed by atoms with E-state index in [4.69, 9.17) is 0 Å². The summed E-state index contributed by atoms with van der Waals surface area (Å²) in [7, 11) is 0. The molecule has 21 heavy (non-hydrogen) atoms. The molecule has 0 saturated carbocycles. The lowest BCUT2D eigenvalue weighted by Gasteiger charge is -2.35. The molecule has 0 aromatic heterocycles. The molecular weight excluding hydrogens is 264 g/mol. The molecule has 0 N–H and O–H groups in total. The van der Waals surface area contributed by atoms with Crippen LogP contribution in [0.2, 0.25) is 0 Å². The minimum atomic E-state index is 0.156. The van der Waals surface area contributed by atoms with E-state index in [1.807, 2.05) is 41.8 Å². The molecular formula is C17H24N2O2. The van der Waals surface area contributed by atoms with Crippen molar-refractivity contribution in [1.82, 2.24) is 9.80 Å². The number of carbonyl (C=O) groups excluding carboxylic acids is 2. The number of hydrogen-bond acceptors (Lipinski definition) is 2. The van der Waals surface area contributed by atoms with Crippen LogP contribution in [0.25, 0.3) is 0 Å². The first-order chi connectivity index (χ1) is 10.1. The zero-order valence-corrected chi connectivity index (χ0v) is 13.0. The number of rotatable bonds is 4. The van der Waals surface area contributed by atoms with Crippen LogP contribution in [-0.4, -0.2) is 47.8 Å². The summed E-state index contributed by atoms with van der Waals surface area (Å²) in [6.07, 6.45) is 1.94. The molecule has 0 atom stereocenters. The molecule has 1 aliphatic heterocycles. The minimum Gasteiger partial charge on any atom is -0.339 e. The first kappa shape index (κ1) is 15.5. The van der Waals surface area contributed by atoms with Crippen LogP contribution in [0.4, 0.5) is 0 Å². The van der Waals surface area contributed by atoms with Crippen LogP contribution in [0, 0.1) is 6.92 Å². The van der Waals surface area contributed by atoms with Crippen LogP contribution in [0.3, 0.4) is 0 Å². The fourth-order valence-corrected chi connectivity index (χ4v) is 2.69. The first-order valence-electron chi connectivity index (χ1n) is 7.71. The summed E-state index contributed by atoms with van der Waals surface area (Å²) in [6.45, 7) is 6.68. The van der Waals surface area contributed by atoms with Crippen LogP contribution >= 0.6 is 0 Å². The van der Waals surface area contributed by atoms with Gasteiger partial charge in [-0.05, 0) is 18.9 Å². The molecule has 1 saturated heterocycles. The maximum absolute atomic E-state index is 12.3. The van der Waals surface area contributed by atoms with Crippen molar-refractivity contribution < 1.29 is 9.59 Å². The molecule has 4 nitrogen and oxygen atoms in total. The topological polar surface area (TPSA) is 40.6 Å². The Kier molecular flexibility index (Phi) is 5.37. The van der Waals surface area contributed by atoms with Gasteiger partial charge in [0.25, 0.3) is 0 Å². The van der Waals surface area contributed by atoms with E-state index in [0.717, 1.165) is 12.0 Å². The third kappa shape index (κ3) is 4.31. The normalized spacial score (nSPS) is 15.1. The van der Waals surface area contributed by atoms with Gasteiger partial charge >= 0.3 is 0 Å². The molecule has 1 aliphatic rings. The lowest BCUT2D eigenvalue weighted by atomic mass is 10.1. The summed E-state index contributed by atoms with van der Waals surface area (Å²) in [5.41, 5.74) is 2.24. The summed E-state index contributed by atoms with van der Waals surface area (Å²) < 4.78 is 0. The van der Waals surface area contributed by atoms with Crippen LogP contribution in [0.1, 0.15) is 30.9 Å². The Hall–Kier alpha value is -1.84. The number of amides is 2. The fourth-order valence-electron chi connectivity index (χ4n) is 2.69. The molecule has 1 aromatic carbocycles. The van der Waals surface area contributed by atoms with Gasteiger partial charge < -0.3 is 9.80 Å². The number of hydrogen-bond donors (Lipinski definition) is 0. The maximum atomic E-state index is 12.3. The van der Waals surface area contributed by atoms with Gasteiger partial charge in [-0.15, -0.1) is 0 Å². The summed E-state index contributed by atoms with van der Waals surface area (Å²) in [6, 6.07) is 8.07. The molecule has 2 rings (SSSR count). The third-order valence-corrected chi connectivity index (χ3v) is 3.89. The number of piperazine rings is 1. The second-order valence-corrected chi connectivity index (χ2v) is 5.68. The van der Waals surface area contributed by atoms with E-state index >= 15 is 0 Å². The Morgan fingerprint density at radius 3 is 2.24 bits per heavy atom. The van der Waals surface area contributed by atoms with Gasteiger partial charge in [0.2, 0.25) is 11.8 Å². The minimum absolute atomic E-state index is 0.156. The standard InChI is InChI=1S/C17H24N2O2/c1-3-5-16(20)18-8-10-19(11-9-18)17(21)13-15-7-4-6-14(2)12-15/h4,6-7,12H,3,5,8-11,13H2,1-2H3. The molecule has 1 heterocycles. The van der Waals surface area contributed by atoms with Crippen LogP contribution in [0.5, 0.6) is 0 Å². The van der Waals surface area contributed by atoms with Gasteiger partial charge in [-0.3, -0.25) is 9.59 Å². The first-order valence-corrected chi connectivity index (χ1v) is 7.71. The highest BCUT2D eigenvalue weighted by Gasteiger charge is 2.23. The largest absolute Gasteiger partial charge is 0.339 e. The highest BCUT2D eigenvalue weighted by Crippen LogP contribution is 2.10. The molecule has 0 unspecified atom stereocenters. The molecule has 1 fully saturated rings. The summed E-state index contributed by atoms with van der Waals surface area (Å²) in [5.74, 6) is 0.367. The maximum Gasteiger partial charge on any atom is 0.227 e. The lowest BCUT2D eigenvalue weighted by Crippen LogP contribution is -2.50. The van der Waals surface area contributed by atoms with E-state index in [1.165, 1.54) is 5.56 Å². The van der Waals surface area contributed by atoms with E-state index < -0.39 is 0 Å². The second kappa shape index (κ2) is 7.25. The van der Waals surface area contributed by atoms with Crippen LogP contribution in [-0.2, 0) is 16.0 Å². The van der Waals surface area contributed by atoms with Crippen molar-refractivity contribution in [3.05, 3.63) is 35.4 Å². The van der Waals surface area contributed by atoms with Crippen molar-refractivity contribution in [1.29, 1.82) is 0 Å². The highest BCUT2D eigenvalue weighted by atomic mass is 16.2. The molecule has 0 aliphatic carbocycles. The summed E-state index contributed by atoms with van der Waals surface area (Å²) >= 11 is 0. The van der Waals surface area contributed by atoms with Gasteiger partial charge in [0.1, 0.15) is 0 Å².